The summed E-state index contributed by atoms with van der Waals surface area (Å²) in [7, 11) is 0. The maximum Gasteiger partial charge on any atom is 0.227 e. The molecule has 3 fully saturated rings. The van der Waals surface area contributed by atoms with Crippen LogP contribution in [0.25, 0.3) is 0 Å². The van der Waals surface area contributed by atoms with Crippen LogP contribution in [0.4, 0.5) is 0 Å². The van der Waals surface area contributed by atoms with Gasteiger partial charge in [-0.05, 0) is 51.4 Å². The molecule has 3 saturated heterocycles. The van der Waals surface area contributed by atoms with Gasteiger partial charge in [-0.3, -0.25) is 9.69 Å². The first-order valence-corrected chi connectivity index (χ1v) is 10.7. The van der Waals surface area contributed by atoms with E-state index in [2.05, 4.69) is 10.1 Å². The number of aryl methyl sites for hydroxylation is 2. The molecular weight excluding hydrogens is 358 g/mol. The predicted octanol–water partition coefficient (Wildman–Crippen LogP) is 1.69. The molecule has 3 aliphatic heterocycles. The van der Waals surface area contributed by atoms with Gasteiger partial charge in [-0.25, -0.2) is 0 Å². The van der Waals surface area contributed by atoms with Crippen LogP contribution in [0.15, 0.2) is 4.52 Å². The van der Waals surface area contributed by atoms with Crippen molar-refractivity contribution in [2.24, 2.45) is 5.41 Å². The third-order valence-electron chi connectivity index (χ3n) is 7.05. The summed E-state index contributed by atoms with van der Waals surface area (Å²) in [5.74, 6) is 0.892. The van der Waals surface area contributed by atoms with Crippen molar-refractivity contribution < 1.29 is 19.2 Å². The van der Waals surface area contributed by atoms with E-state index in [0.29, 0.717) is 12.5 Å². The molecule has 0 bridgehead atoms. The van der Waals surface area contributed by atoms with Gasteiger partial charge < -0.3 is 19.3 Å². The monoisotopic (exact) mass is 391 g/mol. The zero-order valence-corrected chi connectivity index (χ0v) is 17.2. The lowest BCUT2D eigenvalue weighted by molar-refractivity contribution is -0.135. The van der Waals surface area contributed by atoms with Crippen LogP contribution < -0.4 is 0 Å². The van der Waals surface area contributed by atoms with Crippen molar-refractivity contribution in [2.75, 3.05) is 39.4 Å². The third kappa shape index (κ3) is 4.11. The minimum Gasteiger partial charge on any atom is -0.392 e. The summed E-state index contributed by atoms with van der Waals surface area (Å²) < 4.78 is 10.7. The van der Waals surface area contributed by atoms with Crippen LogP contribution in [0.2, 0.25) is 0 Å². The van der Waals surface area contributed by atoms with Gasteiger partial charge in [0.1, 0.15) is 5.76 Å². The summed E-state index contributed by atoms with van der Waals surface area (Å²) in [4.78, 5) is 17.3. The van der Waals surface area contributed by atoms with Crippen LogP contribution in [0.3, 0.4) is 0 Å². The highest BCUT2D eigenvalue weighted by Crippen LogP contribution is 2.41. The second-order valence-electron chi connectivity index (χ2n) is 8.99. The van der Waals surface area contributed by atoms with Crippen molar-refractivity contribution in [2.45, 2.75) is 64.5 Å². The topological polar surface area (TPSA) is 79.0 Å². The lowest BCUT2D eigenvalue weighted by atomic mass is 9.71. The van der Waals surface area contributed by atoms with E-state index in [0.717, 1.165) is 88.5 Å². The molecule has 0 aromatic carbocycles. The van der Waals surface area contributed by atoms with Crippen molar-refractivity contribution in [1.29, 1.82) is 0 Å². The molecule has 7 nitrogen and oxygen atoms in total. The number of β-amino-alcohol motifs (C(OH)–C–C–N with tert-alkyl or cyclic N) is 1. The number of likely N-dealkylation sites (tertiary alicyclic amines) is 2. The van der Waals surface area contributed by atoms with Gasteiger partial charge in [0.2, 0.25) is 5.91 Å². The van der Waals surface area contributed by atoms with Gasteiger partial charge in [0, 0.05) is 51.0 Å². The van der Waals surface area contributed by atoms with Crippen LogP contribution in [0, 0.1) is 19.3 Å². The number of hydrogen-bond acceptors (Lipinski definition) is 6. The largest absolute Gasteiger partial charge is 0.392 e. The van der Waals surface area contributed by atoms with Gasteiger partial charge in [-0.2, -0.15) is 0 Å². The summed E-state index contributed by atoms with van der Waals surface area (Å²) in [5, 5.41) is 14.5. The first kappa shape index (κ1) is 19.9. The summed E-state index contributed by atoms with van der Waals surface area (Å²) in [6.07, 6.45) is 5.02. The van der Waals surface area contributed by atoms with Crippen LogP contribution >= 0.6 is 0 Å². The van der Waals surface area contributed by atoms with Crippen molar-refractivity contribution in [1.82, 2.24) is 15.0 Å². The Kier molecular flexibility index (Phi) is 5.76. The van der Waals surface area contributed by atoms with Crippen molar-refractivity contribution in [3.63, 3.8) is 0 Å². The average Bonchev–Trinajstić information content (AvgIpc) is 3.00. The Hall–Kier alpha value is -1.44. The molecule has 1 atom stereocenters. The molecule has 4 heterocycles. The number of rotatable bonds is 3. The standard InChI is InChI=1S/C21H33N3O4/c1-15-19(16(2)28-22-15)11-20(26)23-7-5-21(6-8-23)12-18(25)13-24(14-21)17-3-9-27-10-4-17/h17-18,25H,3-14H2,1-2H3. The molecule has 1 unspecified atom stereocenters. The zero-order valence-electron chi connectivity index (χ0n) is 17.2. The van der Waals surface area contributed by atoms with Crippen LogP contribution in [0.1, 0.15) is 49.1 Å². The third-order valence-corrected chi connectivity index (χ3v) is 7.05. The molecule has 3 aliphatic rings. The van der Waals surface area contributed by atoms with E-state index in [1.165, 1.54) is 0 Å². The summed E-state index contributed by atoms with van der Waals surface area (Å²) in [5.41, 5.74) is 1.86. The Balaban J connectivity index is 1.36. The van der Waals surface area contributed by atoms with E-state index < -0.39 is 0 Å². The lowest BCUT2D eigenvalue weighted by Crippen LogP contribution is -2.57. The SMILES string of the molecule is Cc1noc(C)c1CC(=O)N1CCC2(CC1)CC(O)CN(C1CCOCC1)C2. The Morgan fingerprint density at radius 1 is 1.25 bits per heavy atom. The number of piperidine rings is 2. The highest BCUT2D eigenvalue weighted by atomic mass is 16.5. The molecule has 0 saturated carbocycles. The Labute approximate surface area is 167 Å². The molecule has 1 aromatic heterocycles. The Morgan fingerprint density at radius 3 is 2.61 bits per heavy atom. The highest BCUT2D eigenvalue weighted by molar-refractivity contribution is 5.79. The molecule has 1 spiro atoms. The first-order valence-electron chi connectivity index (χ1n) is 10.7. The van der Waals surface area contributed by atoms with E-state index in [1.807, 2.05) is 18.7 Å². The number of aromatic nitrogens is 1. The van der Waals surface area contributed by atoms with Gasteiger partial charge in [0.05, 0.1) is 18.2 Å². The smallest absolute Gasteiger partial charge is 0.227 e. The molecule has 1 N–H and O–H groups in total. The van der Waals surface area contributed by atoms with Crippen LogP contribution in [0.5, 0.6) is 0 Å². The van der Waals surface area contributed by atoms with Crippen LogP contribution in [-0.4, -0.2) is 77.5 Å². The minimum atomic E-state index is -0.263. The van der Waals surface area contributed by atoms with Crippen LogP contribution in [-0.2, 0) is 16.0 Å². The highest BCUT2D eigenvalue weighted by Gasteiger charge is 2.43. The number of nitrogens with zero attached hydrogens (tertiary/aromatic N) is 3. The molecule has 7 heteroatoms. The number of carbonyl (C=O) groups is 1. The Bertz CT molecular complexity index is 670. The van der Waals surface area contributed by atoms with E-state index >= 15 is 0 Å². The van der Waals surface area contributed by atoms with Crippen molar-refractivity contribution in [3.8, 4) is 0 Å². The molecule has 1 amide bonds. The maximum atomic E-state index is 12.8. The number of ether oxygens (including phenoxy) is 1. The second-order valence-corrected chi connectivity index (χ2v) is 8.99. The fraction of sp³-hybridized carbons (Fsp3) is 0.810. The average molecular weight is 392 g/mol. The van der Waals surface area contributed by atoms with E-state index in [9.17, 15) is 9.90 Å². The summed E-state index contributed by atoms with van der Waals surface area (Å²) >= 11 is 0. The maximum absolute atomic E-state index is 12.8. The molecule has 0 aliphatic carbocycles. The van der Waals surface area contributed by atoms with Gasteiger partial charge in [-0.15, -0.1) is 0 Å². The quantitative estimate of drug-likeness (QED) is 0.845. The van der Waals surface area contributed by atoms with Gasteiger partial charge in [-0.1, -0.05) is 5.16 Å². The molecule has 0 radical (unpaired) electrons. The molecule has 156 valence electrons. The number of aliphatic hydroxyl groups excluding tert-OH is 1. The van der Waals surface area contributed by atoms with E-state index in [-0.39, 0.29) is 17.4 Å². The van der Waals surface area contributed by atoms with E-state index in [1.54, 1.807) is 0 Å². The number of hydrogen-bond donors (Lipinski definition) is 1. The second kappa shape index (κ2) is 8.13. The van der Waals surface area contributed by atoms with Crippen molar-refractivity contribution in [3.05, 3.63) is 17.0 Å². The lowest BCUT2D eigenvalue weighted by Gasteiger charge is -2.51. The van der Waals surface area contributed by atoms with Crippen molar-refractivity contribution >= 4 is 5.91 Å². The number of aliphatic hydroxyl groups is 1. The number of amides is 1. The van der Waals surface area contributed by atoms with Gasteiger partial charge >= 0.3 is 0 Å². The van der Waals surface area contributed by atoms with Gasteiger partial charge in [0.25, 0.3) is 0 Å². The van der Waals surface area contributed by atoms with Gasteiger partial charge in [0.15, 0.2) is 0 Å². The molecule has 28 heavy (non-hydrogen) atoms. The normalized spacial score (nSPS) is 26.7. The fourth-order valence-electron chi connectivity index (χ4n) is 5.33. The summed E-state index contributed by atoms with van der Waals surface area (Å²) in [6.45, 7) is 8.78. The van der Waals surface area contributed by atoms with E-state index in [4.69, 9.17) is 9.26 Å². The first-order chi connectivity index (χ1) is 13.5. The summed E-state index contributed by atoms with van der Waals surface area (Å²) in [6, 6.07) is 0.528. The number of carbonyl (C=O) groups excluding carboxylic acids is 1. The Morgan fingerprint density at radius 2 is 1.96 bits per heavy atom. The zero-order chi connectivity index (χ0) is 19.7. The molecular formula is C21H33N3O4. The molecule has 1 aromatic rings. The predicted molar refractivity (Wildman–Crippen MR) is 104 cm³/mol. The minimum absolute atomic E-state index is 0.135. The molecule has 4 rings (SSSR count). The fourth-order valence-corrected chi connectivity index (χ4v) is 5.33.